The molecule has 1 N–H and O–H groups in total. The van der Waals surface area contributed by atoms with Gasteiger partial charge in [-0.25, -0.2) is 0 Å². The van der Waals surface area contributed by atoms with Crippen molar-refractivity contribution in [3.05, 3.63) is 30.3 Å². The fourth-order valence-corrected chi connectivity index (χ4v) is 10.6. The third-order valence-electron chi connectivity index (χ3n) is 9.90. The summed E-state index contributed by atoms with van der Waals surface area (Å²) in [5, 5.41) is 10.2. The zero-order valence-corrected chi connectivity index (χ0v) is 39.7. The van der Waals surface area contributed by atoms with Crippen LogP contribution in [-0.4, -0.2) is 37.2 Å². The number of thioether (sulfide) groups is 1. The van der Waals surface area contributed by atoms with Gasteiger partial charge in [-0.3, -0.25) is 4.18 Å². The zero-order chi connectivity index (χ0) is 30.5. The minimum atomic E-state index is -3.24. The molecule has 0 aliphatic heterocycles. The molecule has 12 heteroatoms. The molecular formula is C31H49I6O4S2-. The number of hydrogen-bond acceptors (Lipinski definition) is 5. The predicted octanol–water partition coefficient (Wildman–Crippen LogP) is 8.62. The van der Waals surface area contributed by atoms with E-state index in [1.165, 1.54) is 75.5 Å². The summed E-state index contributed by atoms with van der Waals surface area (Å²) in [5.41, 5.74) is 0. The molecular weight excluding hydrogens is 1260 g/mol. The molecule has 6 bridgehead atoms. The molecule has 0 saturated heterocycles. The van der Waals surface area contributed by atoms with Crippen LogP contribution >= 0.6 is 110 Å². The van der Waals surface area contributed by atoms with E-state index in [1.807, 2.05) is 0 Å². The second-order valence-corrected chi connectivity index (χ2v) is 32.5. The Morgan fingerprint density at radius 1 is 0.721 bits per heavy atom. The minimum absolute atomic E-state index is 0. The third-order valence-corrected chi connectivity index (χ3v) is 11.8. The number of fused-ring (bicyclic) bond motifs is 6. The van der Waals surface area contributed by atoms with Gasteiger partial charge in [0.15, 0.2) is 0 Å². The van der Waals surface area contributed by atoms with Crippen molar-refractivity contribution in [3.8, 4) is 0 Å². The topological polar surface area (TPSA) is 63.6 Å². The molecule has 4 nitrogen and oxygen atoms in total. The maximum atomic E-state index is 10.9. The number of rotatable bonds is 4. The van der Waals surface area contributed by atoms with Gasteiger partial charge in [0.2, 0.25) is 0 Å². The van der Waals surface area contributed by atoms with Gasteiger partial charge in [0.25, 0.3) is 10.1 Å². The molecule has 6 aliphatic carbocycles. The van der Waals surface area contributed by atoms with Gasteiger partial charge in [-0.05, 0) is 105 Å². The first-order chi connectivity index (χ1) is 20.2. The summed E-state index contributed by atoms with van der Waals surface area (Å²) in [6, 6.07) is 10.9. The normalized spacial score (nSPS) is 34.9. The molecule has 9 atom stereocenters. The van der Waals surface area contributed by atoms with Gasteiger partial charge in [0.1, 0.15) is 0 Å². The van der Waals surface area contributed by atoms with Crippen molar-refractivity contribution in [2.24, 2.45) is 35.5 Å². The Kier molecular flexibility index (Phi) is 23.3. The van der Waals surface area contributed by atoms with Gasteiger partial charge < -0.3 is 5.11 Å². The minimum Gasteiger partial charge on any atom is -0.393 e. The largest absolute Gasteiger partial charge is 0.393 e. The smallest absolute Gasteiger partial charge is 0.0545 e. The molecule has 1 aromatic carbocycles. The average molecular weight is 1310 g/mol. The Hall–Kier alpha value is 3.82. The third kappa shape index (κ3) is 17.1. The van der Waals surface area contributed by atoms with Gasteiger partial charge in [0, 0.05) is 47.4 Å². The van der Waals surface area contributed by atoms with E-state index in [0.29, 0.717) is 13.3 Å². The van der Waals surface area contributed by atoms with Gasteiger partial charge in [-0.2, -0.15) is 8.42 Å². The van der Waals surface area contributed by atoms with Crippen LogP contribution in [0.3, 0.4) is 0 Å². The monoisotopic (exact) mass is 1310 g/mol. The Morgan fingerprint density at radius 2 is 1.09 bits per heavy atom. The molecule has 0 heterocycles. The van der Waals surface area contributed by atoms with E-state index in [1.54, 1.807) is 0 Å². The molecule has 6 saturated carbocycles. The van der Waals surface area contributed by atoms with E-state index in [0.717, 1.165) is 72.7 Å². The molecule has 0 radical (unpaired) electrons. The molecule has 43 heavy (non-hydrogen) atoms. The van der Waals surface area contributed by atoms with Crippen LogP contribution in [0.2, 0.25) is 0 Å². The molecule has 3 unspecified atom stereocenters. The molecule has 0 aromatic heterocycles. The van der Waals surface area contributed by atoms with Crippen LogP contribution in [0.1, 0.15) is 96.3 Å². The number of halogens is 6. The molecule has 0 amide bonds. The summed E-state index contributed by atoms with van der Waals surface area (Å²) in [5.74, 6) is 5.35. The quantitative estimate of drug-likeness (QED) is 0.242. The van der Waals surface area contributed by atoms with Gasteiger partial charge in [-0.1, -0.05) is 56.7 Å². The van der Waals surface area contributed by atoms with Gasteiger partial charge in [0.05, 0.1) is 18.5 Å². The fourth-order valence-electron chi connectivity index (χ4n) is 8.48. The predicted molar refractivity (Wildman–Crippen MR) is 224 cm³/mol. The van der Waals surface area contributed by atoms with Crippen molar-refractivity contribution >= 4 is 120 Å². The van der Waals surface area contributed by atoms with Gasteiger partial charge >= 0.3 is 50.5 Å². The summed E-state index contributed by atoms with van der Waals surface area (Å²) in [6.07, 6.45) is 20.8. The standard InChI is InChI=1S/C14H18S.C9H16O3S.C8H14O.I3.I2.HI/c1-2-4-13(5-3-1)15-14-9-11-6-7-12(8-11)10-14;1-13(10,11)12-9-5-7-2-3-8(4-7)6-9;9-8-4-6-1-2-7(3-6)5-8;1-3-2;1-2;/h1-5,11-12,14H,6-10H2;7-9H,2-6H2,1H3;6-9H,1-5H2;;;1H/q;;;-1;;/t11-,12+,14?;7-,8+,9?;6-,7+,8?;;;. The van der Waals surface area contributed by atoms with Crippen LogP contribution in [0.5, 0.6) is 0 Å². The average Bonchev–Trinajstić information content (AvgIpc) is 3.60. The Bertz CT molecular complexity index is 956. The molecule has 7 rings (SSSR count). The van der Waals surface area contributed by atoms with Crippen molar-refractivity contribution < 1.29 is 31.0 Å². The maximum Gasteiger partial charge on any atom is 0.0545 e. The van der Waals surface area contributed by atoms with Crippen molar-refractivity contribution in [1.29, 1.82) is 0 Å². The van der Waals surface area contributed by atoms with E-state index < -0.39 is 10.1 Å². The molecule has 1 aromatic rings. The van der Waals surface area contributed by atoms with Crippen LogP contribution in [0.4, 0.5) is 0 Å². The van der Waals surface area contributed by atoms with Crippen molar-refractivity contribution in [2.75, 3.05) is 6.26 Å². The van der Waals surface area contributed by atoms with Crippen LogP contribution in [0, 0.1) is 35.5 Å². The first-order valence-electron chi connectivity index (χ1n) is 15.5. The van der Waals surface area contributed by atoms with E-state index in [9.17, 15) is 13.5 Å². The van der Waals surface area contributed by atoms with Crippen molar-refractivity contribution in [3.63, 3.8) is 0 Å². The molecule has 0 spiro atoms. The van der Waals surface area contributed by atoms with E-state index in [2.05, 4.69) is 117 Å². The van der Waals surface area contributed by atoms with E-state index >= 15 is 0 Å². The summed E-state index contributed by atoms with van der Waals surface area (Å²) in [7, 11) is -3.24. The number of benzene rings is 1. The van der Waals surface area contributed by atoms with Crippen molar-refractivity contribution in [2.45, 2.75) is 119 Å². The van der Waals surface area contributed by atoms with Crippen LogP contribution in [0.25, 0.3) is 0 Å². The SMILES string of the molecule is CS(=O)(=O)OC1C[C@H]2CC[C@@H](C1)C2.I.II.I[I-]I.OC1C[C@H]2CC[C@@H](C1)C2.c1ccc(SC2C[C@H]3CC[C@@H](C2)C3)cc1. The first-order valence-corrected chi connectivity index (χ1v) is 37.0. The van der Waals surface area contributed by atoms with Crippen LogP contribution < -0.4 is 13.3 Å². The second-order valence-electron chi connectivity index (χ2n) is 13.2. The zero-order valence-electron chi connectivity index (χ0n) is 25.0. The molecule has 6 aliphatic rings. The van der Waals surface area contributed by atoms with E-state index in [-0.39, 0.29) is 36.2 Å². The van der Waals surface area contributed by atoms with E-state index in [4.69, 9.17) is 4.18 Å². The summed E-state index contributed by atoms with van der Waals surface area (Å²) in [6.45, 7) is 0. The number of aliphatic hydroxyl groups is 1. The fraction of sp³-hybridized carbons (Fsp3) is 0.806. The van der Waals surface area contributed by atoms with Crippen LogP contribution in [0.15, 0.2) is 35.2 Å². The first kappa shape index (κ1) is 43.0. The Labute approximate surface area is 336 Å². The summed E-state index contributed by atoms with van der Waals surface area (Å²) < 4.78 is 26.9. The van der Waals surface area contributed by atoms with Crippen LogP contribution in [-0.2, 0) is 14.3 Å². The number of hydrogen-bond donors (Lipinski definition) is 1. The molecule has 6 fully saturated rings. The molecule has 252 valence electrons. The maximum absolute atomic E-state index is 10.9. The van der Waals surface area contributed by atoms with Gasteiger partial charge in [-0.15, -0.1) is 35.7 Å². The number of aliphatic hydroxyl groups excluding tert-OH is 1. The summed E-state index contributed by atoms with van der Waals surface area (Å²) >= 11 is 11.7. The van der Waals surface area contributed by atoms with Crippen molar-refractivity contribution in [1.82, 2.24) is 0 Å². The Balaban J connectivity index is 0.000000212. The summed E-state index contributed by atoms with van der Waals surface area (Å²) in [4.78, 5) is 1.46. The Morgan fingerprint density at radius 3 is 1.49 bits per heavy atom. The second kappa shape index (κ2) is 23.3.